The van der Waals surface area contributed by atoms with Crippen LogP contribution in [0.5, 0.6) is 0 Å². The molecule has 0 aromatic carbocycles. The second-order valence-corrected chi connectivity index (χ2v) is 3.50. The lowest BCUT2D eigenvalue weighted by Crippen LogP contribution is -2.35. The van der Waals surface area contributed by atoms with E-state index in [9.17, 15) is 4.79 Å². The number of carbonyl (C=O) groups excluding carboxylic acids is 1. The van der Waals surface area contributed by atoms with E-state index in [2.05, 4.69) is 12.6 Å². The lowest BCUT2D eigenvalue weighted by atomic mass is 9.94. The van der Waals surface area contributed by atoms with Crippen molar-refractivity contribution in [3.63, 3.8) is 0 Å². The number of likely N-dealkylation sites (tertiary alicyclic amines) is 1. The Kier molecular flexibility index (Phi) is 3.26. The largest absolute Gasteiger partial charge is 0.392 e. The van der Waals surface area contributed by atoms with Crippen molar-refractivity contribution in [3.05, 3.63) is 12.2 Å². The van der Waals surface area contributed by atoms with Crippen LogP contribution in [0.15, 0.2) is 12.2 Å². The van der Waals surface area contributed by atoms with Crippen molar-refractivity contribution in [2.75, 3.05) is 13.2 Å². The Hall–Kier alpha value is -1.34. The summed E-state index contributed by atoms with van der Waals surface area (Å²) in [5, 5.41) is 17.9. The van der Waals surface area contributed by atoms with Gasteiger partial charge in [0.25, 0.3) is 0 Å². The highest BCUT2D eigenvalue weighted by atomic mass is 16.3. The minimum atomic E-state index is -0.452. The molecule has 14 heavy (non-hydrogen) atoms. The van der Waals surface area contributed by atoms with Crippen LogP contribution in [0, 0.1) is 17.2 Å². The molecule has 2 atom stereocenters. The first-order valence-electron chi connectivity index (χ1n) is 4.57. The number of hydrogen-bond donors (Lipinski definition) is 1. The number of amides is 1. The van der Waals surface area contributed by atoms with Gasteiger partial charge in [-0.3, -0.25) is 4.79 Å². The number of aliphatic hydroxyl groups is 1. The van der Waals surface area contributed by atoms with Gasteiger partial charge in [0.15, 0.2) is 0 Å². The molecule has 1 N–H and O–H groups in total. The Morgan fingerprint density at radius 1 is 1.79 bits per heavy atom. The van der Waals surface area contributed by atoms with Crippen LogP contribution in [0.25, 0.3) is 0 Å². The molecule has 0 aliphatic carbocycles. The van der Waals surface area contributed by atoms with Crippen LogP contribution in [-0.4, -0.2) is 35.1 Å². The minimum Gasteiger partial charge on any atom is -0.392 e. The van der Waals surface area contributed by atoms with Crippen LogP contribution in [0.2, 0.25) is 0 Å². The third kappa shape index (κ3) is 1.78. The SMILES string of the molecule is C=C(CO)[C@H]1CCN(C(C)=O)[C@@H]1C#N. The fourth-order valence-electron chi connectivity index (χ4n) is 1.85. The Bertz CT molecular complexity index is 293. The van der Waals surface area contributed by atoms with Gasteiger partial charge in [-0.15, -0.1) is 0 Å². The molecule has 4 nitrogen and oxygen atoms in total. The van der Waals surface area contributed by atoms with E-state index in [1.54, 1.807) is 0 Å². The average Bonchev–Trinajstić information content (AvgIpc) is 2.59. The normalized spacial score (nSPS) is 25.9. The van der Waals surface area contributed by atoms with Gasteiger partial charge in [0.1, 0.15) is 6.04 Å². The average molecular weight is 194 g/mol. The molecule has 0 radical (unpaired) electrons. The van der Waals surface area contributed by atoms with Crippen molar-refractivity contribution < 1.29 is 9.90 Å². The molecule has 1 heterocycles. The van der Waals surface area contributed by atoms with Gasteiger partial charge < -0.3 is 10.0 Å². The van der Waals surface area contributed by atoms with E-state index in [1.165, 1.54) is 11.8 Å². The smallest absolute Gasteiger partial charge is 0.220 e. The fourth-order valence-corrected chi connectivity index (χ4v) is 1.85. The van der Waals surface area contributed by atoms with Crippen LogP contribution in [0.4, 0.5) is 0 Å². The number of aliphatic hydroxyl groups excluding tert-OH is 1. The summed E-state index contributed by atoms with van der Waals surface area (Å²) in [7, 11) is 0. The Balaban J connectivity index is 2.80. The van der Waals surface area contributed by atoms with E-state index in [-0.39, 0.29) is 18.4 Å². The molecule has 1 aliphatic heterocycles. The molecule has 4 heteroatoms. The quantitative estimate of drug-likeness (QED) is 0.643. The van der Waals surface area contributed by atoms with E-state index < -0.39 is 6.04 Å². The van der Waals surface area contributed by atoms with Crippen molar-refractivity contribution in [3.8, 4) is 6.07 Å². The van der Waals surface area contributed by atoms with Gasteiger partial charge in [-0.25, -0.2) is 0 Å². The molecular weight excluding hydrogens is 180 g/mol. The zero-order valence-electron chi connectivity index (χ0n) is 8.23. The highest BCUT2D eigenvalue weighted by molar-refractivity contribution is 5.74. The molecule has 1 amide bonds. The van der Waals surface area contributed by atoms with Crippen molar-refractivity contribution in [2.24, 2.45) is 5.92 Å². The summed E-state index contributed by atoms with van der Waals surface area (Å²) < 4.78 is 0. The molecular formula is C10H14N2O2. The van der Waals surface area contributed by atoms with Crippen LogP contribution in [-0.2, 0) is 4.79 Å². The number of nitriles is 1. The fraction of sp³-hybridized carbons (Fsp3) is 0.600. The molecule has 76 valence electrons. The number of carbonyl (C=O) groups is 1. The van der Waals surface area contributed by atoms with Crippen molar-refractivity contribution in [1.82, 2.24) is 4.90 Å². The predicted octanol–water partition coefficient (Wildman–Crippen LogP) is 0.295. The Labute approximate surface area is 83.4 Å². The van der Waals surface area contributed by atoms with Crippen molar-refractivity contribution in [1.29, 1.82) is 5.26 Å². The van der Waals surface area contributed by atoms with Gasteiger partial charge in [0, 0.05) is 19.4 Å². The third-order valence-corrected chi connectivity index (χ3v) is 2.66. The molecule has 1 rings (SSSR count). The molecule has 0 aromatic rings. The maximum Gasteiger partial charge on any atom is 0.220 e. The molecule has 0 spiro atoms. The molecule has 0 saturated carbocycles. The van der Waals surface area contributed by atoms with Gasteiger partial charge in [-0.05, 0) is 12.0 Å². The maximum atomic E-state index is 11.2. The van der Waals surface area contributed by atoms with Crippen molar-refractivity contribution in [2.45, 2.75) is 19.4 Å². The summed E-state index contributed by atoms with van der Waals surface area (Å²) in [6, 6.07) is 1.64. The Morgan fingerprint density at radius 2 is 2.43 bits per heavy atom. The summed E-state index contributed by atoms with van der Waals surface area (Å²) in [6.45, 7) is 5.63. The highest BCUT2D eigenvalue weighted by Crippen LogP contribution is 2.29. The van der Waals surface area contributed by atoms with Gasteiger partial charge in [-0.1, -0.05) is 6.58 Å². The maximum absolute atomic E-state index is 11.2. The second kappa shape index (κ2) is 4.25. The topological polar surface area (TPSA) is 64.3 Å². The summed E-state index contributed by atoms with van der Waals surface area (Å²) in [5.74, 6) is -0.168. The van der Waals surface area contributed by atoms with E-state index in [4.69, 9.17) is 10.4 Å². The first-order chi connectivity index (χ1) is 6.61. The molecule has 0 bridgehead atoms. The van der Waals surface area contributed by atoms with Crippen LogP contribution in [0.1, 0.15) is 13.3 Å². The molecule has 1 saturated heterocycles. The van der Waals surface area contributed by atoms with E-state index in [0.29, 0.717) is 12.1 Å². The van der Waals surface area contributed by atoms with Crippen LogP contribution < -0.4 is 0 Å². The van der Waals surface area contributed by atoms with E-state index in [0.717, 1.165) is 6.42 Å². The lowest BCUT2D eigenvalue weighted by molar-refractivity contribution is -0.128. The first kappa shape index (κ1) is 10.7. The monoisotopic (exact) mass is 194 g/mol. The van der Waals surface area contributed by atoms with Gasteiger partial charge in [0.2, 0.25) is 5.91 Å². The standard InChI is InChI=1S/C10H14N2O2/c1-7(6-13)9-3-4-12(8(2)14)10(9)5-11/h9-10,13H,1,3-4,6H2,2H3/t9-,10-/m1/s1. The summed E-state index contributed by atoms with van der Waals surface area (Å²) >= 11 is 0. The zero-order valence-corrected chi connectivity index (χ0v) is 8.23. The van der Waals surface area contributed by atoms with Crippen molar-refractivity contribution >= 4 is 5.91 Å². The summed E-state index contributed by atoms with van der Waals surface area (Å²) in [6.07, 6.45) is 0.719. The lowest BCUT2D eigenvalue weighted by Gasteiger charge is -2.21. The van der Waals surface area contributed by atoms with E-state index >= 15 is 0 Å². The predicted molar refractivity (Wildman–Crippen MR) is 51.1 cm³/mol. The van der Waals surface area contributed by atoms with Crippen LogP contribution >= 0.6 is 0 Å². The number of rotatable bonds is 2. The first-order valence-corrected chi connectivity index (χ1v) is 4.57. The highest BCUT2D eigenvalue weighted by Gasteiger charge is 2.36. The van der Waals surface area contributed by atoms with Gasteiger partial charge >= 0.3 is 0 Å². The minimum absolute atomic E-state index is 0.0751. The summed E-state index contributed by atoms with van der Waals surface area (Å²) in [5.41, 5.74) is 0.639. The third-order valence-electron chi connectivity index (χ3n) is 2.66. The van der Waals surface area contributed by atoms with Gasteiger partial charge in [0.05, 0.1) is 12.7 Å². The zero-order chi connectivity index (χ0) is 10.7. The number of hydrogen-bond acceptors (Lipinski definition) is 3. The molecule has 1 aliphatic rings. The molecule has 0 aromatic heterocycles. The Morgan fingerprint density at radius 3 is 2.86 bits per heavy atom. The van der Waals surface area contributed by atoms with E-state index in [1.807, 2.05) is 0 Å². The van der Waals surface area contributed by atoms with Crippen LogP contribution in [0.3, 0.4) is 0 Å². The molecule has 1 fully saturated rings. The second-order valence-electron chi connectivity index (χ2n) is 3.50. The number of nitrogens with zero attached hydrogens (tertiary/aromatic N) is 2. The van der Waals surface area contributed by atoms with Gasteiger partial charge in [-0.2, -0.15) is 5.26 Å². The summed E-state index contributed by atoms with van der Waals surface area (Å²) in [4.78, 5) is 12.7. The molecule has 0 unspecified atom stereocenters.